The summed E-state index contributed by atoms with van der Waals surface area (Å²) in [5, 5.41) is 0.690. The molecule has 1 fully saturated rings. The van der Waals surface area contributed by atoms with E-state index in [9.17, 15) is 4.79 Å². The lowest BCUT2D eigenvalue weighted by atomic mass is 10.00. The Bertz CT molecular complexity index is 666. The number of amides is 1. The van der Waals surface area contributed by atoms with E-state index < -0.39 is 0 Å². The van der Waals surface area contributed by atoms with Crippen molar-refractivity contribution in [1.82, 2.24) is 9.88 Å². The molecule has 1 aromatic heterocycles. The Balaban J connectivity index is 1.56. The Morgan fingerprint density at radius 3 is 2.91 bits per heavy atom. The maximum absolute atomic E-state index is 12.3. The summed E-state index contributed by atoms with van der Waals surface area (Å²) in [6.45, 7) is 3.96. The highest BCUT2D eigenvalue weighted by Gasteiger charge is 2.21. The Kier molecular flexibility index (Phi) is 5.01. The molecule has 1 aliphatic heterocycles. The number of aryl methyl sites for hydroxylation is 1. The van der Waals surface area contributed by atoms with E-state index >= 15 is 0 Å². The zero-order valence-corrected chi connectivity index (χ0v) is 14.1. The summed E-state index contributed by atoms with van der Waals surface area (Å²) in [4.78, 5) is 18.5. The first-order valence-electron chi connectivity index (χ1n) is 8.10. The van der Waals surface area contributed by atoms with Gasteiger partial charge in [-0.25, -0.2) is 4.98 Å². The molecule has 0 aliphatic carbocycles. The van der Waals surface area contributed by atoms with Crippen molar-refractivity contribution in [1.29, 1.82) is 0 Å². The van der Waals surface area contributed by atoms with Crippen molar-refractivity contribution in [2.75, 3.05) is 13.1 Å². The minimum absolute atomic E-state index is 0.197. The number of carbonyl (C=O) groups is 1. The zero-order valence-electron chi connectivity index (χ0n) is 13.3. The molecule has 23 heavy (non-hydrogen) atoms. The third kappa shape index (κ3) is 4.14. The van der Waals surface area contributed by atoms with E-state index in [2.05, 4.69) is 11.9 Å². The summed E-state index contributed by atoms with van der Waals surface area (Å²) in [6, 6.07) is 7.43. The largest absolute Gasteiger partial charge is 0.441 e. The van der Waals surface area contributed by atoms with Crippen LogP contribution in [0.4, 0.5) is 0 Å². The maximum Gasteiger partial charge on any atom is 0.223 e. The number of halogens is 1. The molecule has 0 spiro atoms. The van der Waals surface area contributed by atoms with Crippen molar-refractivity contribution in [3.8, 4) is 11.3 Å². The third-order valence-electron chi connectivity index (χ3n) is 4.24. The quantitative estimate of drug-likeness (QED) is 0.843. The average molecular weight is 333 g/mol. The minimum atomic E-state index is 0.197. The van der Waals surface area contributed by atoms with Crippen LogP contribution >= 0.6 is 11.6 Å². The van der Waals surface area contributed by atoms with Crippen LogP contribution in [-0.2, 0) is 11.2 Å². The van der Waals surface area contributed by atoms with Gasteiger partial charge in [0.2, 0.25) is 5.91 Å². The third-order valence-corrected chi connectivity index (χ3v) is 4.50. The standard InChI is InChI=1S/C18H21ClN2O2/c1-13-3-2-10-21(12-13)18(22)9-8-17-20-11-16(23-17)14-4-6-15(19)7-5-14/h4-7,11,13H,2-3,8-10,12H2,1H3. The topological polar surface area (TPSA) is 46.3 Å². The van der Waals surface area contributed by atoms with E-state index in [1.165, 1.54) is 6.42 Å². The number of aromatic nitrogens is 1. The number of hydrogen-bond acceptors (Lipinski definition) is 3. The van der Waals surface area contributed by atoms with Crippen LogP contribution in [0, 0.1) is 5.92 Å². The molecule has 5 heteroatoms. The molecule has 122 valence electrons. The molecule has 1 aromatic carbocycles. The molecule has 3 rings (SSSR count). The average Bonchev–Trinajstić information content (AvgIpc) is 3.02. The van der Waals surface area contributed by atoms with Gasteiger partial charge in [0, 0.05) is 36.5 Å². The first kappa shape index (κ1) is 16.1. The zero-order chi connectivity index (χ0) is 16.2. The predicted molar refractivity (Wildman–Crippen MR) is 90.2 cm³/mol. The second-order valence-corrected chi connectivity index (χ2v) is 6.65. The normalized spacial score (nSPS) is 18.2. The molecule has 0 N–H and O–H groups in total. The number of carbonyl (C=O) groups excluding carboxylic acids is 1. The van der Waals surface area contributed by atoms with Gasteiger partial charge in [-0.2, -0.15) is 0 Å². The predicted octanol–water partition coefficient (Wildman–Crippen LogP) is 4.19. The lowest BCUT2D eigenvalue weighted by Crippen LogP contribution is -2.39. The first-order valence-corrected chi connectivity index (χ1v) is 8.48. The van der Waals surface area contributed by atoms with Crippen LogP contribution in [0.3, 0.4) is 0 Å². The van der Waals surface area contributed by atoms with Gasteiger partial charge in [0.05, 0.1) is 6.20 Å². The summed E-state index contributed by atoms with van der Waals surface area (Å²) in [5.74, 6) is 2.11. The lowest BCUT2D eigenvalue weighted by molar-refractivity contribution is -0.132. The van der Waals surface area contributed by atoms with E-state index in [-0.39, 0.29) is 5.91 Å². The monoisotopic (exact) mass is 332 g/mol. The highest BCUT2D eigenvalue weighted by atomic mass is 35.5. The van der Waals surface area contributed by atoms with Crippen molar-refractivity contribution < 1.29 is 9.21 Å². The molecule has 2 aromatic rings. The number of piperidine rings is 1. The van der Waals surface area contributed by atoms with Gasteiger partial charge in [-0.3, -0.25) is 4.79 Å². The SMILES string of the molecule is CC1CCCN(C(=O)CCc2ncc(-c3ccc(Cl)cc3)o2)C1. The minimum Gasteiger partial charge on any atom is -0.441 e. The molecule has 0 bridgehead atoms. The van der Waals surface area contributed by atoms with E-state index in [1.807, 2.05) is 29.2 Å². The second-order valence-electron chi connectivity index (χ2n) is 6.21. The molecule has 1 amide bonds. The molecule has 0 radical (unpaired) electrons. The van der Waals surface area contributed by atoms with E-state index in [0.29, 0.717) is 35.4 Å². The van der Waals surface area contributed by atoms with Crippen LogP contribution in [0.5, 0.6) is 0 Å². The summed E-state index contributed by atoms with van der Waals surface area (Å²) >= 11 is 5.88. The van der Waals surface area contributed by atoms with Crippen molar-refractivity contribution >= 4 is 17.5 Å². The molecular weight excluding hydrogens is 312 g/mol. The van der Waals surface area contributed by atoms with E-state index in [0.717, 1.165) is 25.1 Å². The highest BCUT2D eigenvalue weighted by Crippen LogP contribution is 2.23. The van der Waals surface area contributed by atoms with E-state index in [1.54, 1.807) is 6.20 Å². The number of rotatable bonds is 4. The first-order chi connectivity index (χ1) is 11.1. The van der Waals surface area contributed by atoms with Crippen LogP contribution in [0.25, 0.3) is 11.3 Å². The van der Waals surface area contributed by atoms with Crippen LogP contribution in [0.15, 0.2) is 34.9 Å². The summed E-state index contributed by atoms with van der Waals surface area (Å²) in [7, 11) is 0. The number of likely N-dealkylation sites (tertiary alicyclic amines) is 1. The number of benzene rings is 1. The second kappa shape index (κ2) is 7.18. The number of oxazole rings is 1. The highest BCUT2D eigenvalue weighted by molar-refractivity contribution is 6.30. The van der Waals surface area contributed by atoms with Crippen molar-refractivity contribution in [3.63, 3.8) is 0 Å². The van der Waals surface area contributed by atoms with Crippen molar-refractivity contribution in [2.45, 2.75) is 32.6 Å². The Morgan fingerprint density at radius 1 is 1.39 bits per heavy atom. The fourth-order valence-corrected chi connectivity index (χ4v) is 3.09. The van der Waals surface area contributed by atoms with Gasteiger partial charge in [-0.05, 0) is 43.0 Å². The lowest BCUT2D eigenvalue weighted by Gasteiger charge is -2.30. The van der Waals surface area contributed by atoms with Crippen LogP contribution < -0.4 is 0 Å². The molecule has 1 unspecified atom stereocenters. The number of nitrogens with zero attached hydrogens (tertiary/aromatic N) is 2. The maximum atomic E-state index is 12.3. The smallest absolute Gasteiger partial charge is 0.223 e. The van der Waals surface area contributed by atoms with Gasteiger partial charge < -0.3 is 9.32 Å². The fourth-order valence-electron chi connectivity index (χ4n) is 2.96. The van der Waals surface area contributed by atoms with Crippen molar-refractivity contribution in [2.24, 2.45) is 5.92 Å². The van der Waals surface area contributed by atoms with Gasteiger partial charge in [-0.1, -0.05) is 18.5 Å². The molecule has 1 aliphatic rings. The van der Waals surface area contributed by atoms with Gasteiger partial charge in [-0.15, -0.1) is 0 Å². The molecular formula is C18H21ClN2O2. The van der Waals surface area contributed by atoms with E-state index in [4.69, 9.17) is 16.0 Å². The van der Waals surface area contributed by atoms with Crippen LogP contribution in [-0.4, -0.2) is 28.9 Å². The van der Waals surface area contributed by atoms with Gasteiger partial charge in [0.1, 0.15) is 0 Å². The van der Waals surface area contributed by atoms with Gasteiger partial charge in [0.15, 0.2) is 11.7 Å². The fraction of sp³-hybridized carbons (Fsp3) is 0.444. The summed E-state index contributed by atoms with van der Waals surface area (Å²) < 4.78 is 5.74. The molecule has 1 saturated heterocycles. The Morgan fingerprint density at radius 2 is 2.17 bits per heavy atom. The molecule has 0 saturated carbocycles. The Labute approximate surface area is 141 Å². The van der Waals surface area contributed by atoms with Crippen LogP contribution in [0.2, 0.25) is 5.02 Å². The number of hydrogen-bond donors (Lipinski definition) is 0. The molecule has 4 nitrogen and oxygen atoms in total. The summed E-state index contributed by atoms with van der Waals surface area (Å²) in [5.41, 5.74) is 0.935. The molecule has 2 heterocycles. The molecule has 1 atom stereocenters. The Hall–Kier alpha value is -1.81. The van der Waals surface area contributed by atoms with Gasteiger partial charge in [0.25, 0.3) is 0 Å². The van der Waals surface area contributed by atoms with Gasteiger partial charge >= 0.3 is 0 Å². The van der Waals surface area contributed by atoms with Crippen molar-refractivity contribution in [3.05, 3.63) is 41.4 Å². The summed E-state index contributed by atoms with van der Waals surface area (Å²) in [6.07, 6.45) is 5.01. The van der Waals surface area contributed by atoms with Crippen LogP contribution in [0.1, 0.15) is 32.1 Å².